The molecule has 3 saturated carbocycles. The van der Waals surface area contributed by atoms with Crippen LogP contribution in [0.2, 0.25) is 0 Å². The summed E-state index contributed by atoms with van der Waals surface area (Å²) in [6.45, 7) is 0. The third kappa shape index (κ3) is 2.10. The first kappa shape index (κ1) is 13.3. The fraction of sp³-hybridized carbons (Fsp3) is 0.500. The van der Waals surface area contributed by atoms with E-state index in [0.717, 1.165) is 11.8 Å². The summed E-state index contributed by atoms with van der Waals surface area (Å²) in [5.41, 5.74) is 2.04. The molecule has 0 aliphatic heterocycles. The Kier molecular flexibility index (Phi) is 3.08. The largest absolute Gasteiger partial charge is 0.304 e. The fourth-order valence-electron chi connectivity index (χ4n) is 4.82. The van der Waals surface area contributed by atoms with Gasteiger partial charge < -0.3 is 4.90 Å². The van der Waals surface area contributed by atoms with Crippen molar-refractivity contribution in [1.82, 2.24) is 4.90 Å². The van der Waals surface area contributed by atoms with Crippen LogP contribution in [0, 0.1) is 5.92 Å². The van der Waals surface area contributed by atoms with Gasteiger partial charge in [0.05, 0.1) is 0 Å². The van der Waals surface area contributed by atoms with E-state index in [1.54, 1.807) is 5.56 Å². The minimum absolute atomic E-state index is 0.463. The second kappa shape index (κ2) is 4.84. The average Bonchev–Trinajstić information content (AvgIpc) is 2.55. The quantitative estimate of drug-likeness (QED) is 0.762. The average molecular weight is 279 g/mol. The maximum atomic E-state index is 2.51. The molecule has 2 aromatic rings. The molecule has 0 saturated heterocycles. The highest BCUT2D eigenvalue weighted by atomic mass is 15.1. The van der Waals surface area contributed by atoms with Crippen molar-refractivity contribution in [2.45, 2.75) is 43.6 Å². The van der Waals surface area contributed by atoms with E-state index in [2.05, 4.69) is 61.5 Å². The van der Waals surface area contributed by atoms with Gasteiger partial charge in [0.1, 0.15) is 0 Å². The van der Waals surface area contributed by atoms with E-state index in [-0.39, 0.29) is 0 Å². The molecule has 110 valence electrons. The molecule has 0 radical (unpaired) electrons. The lowest BCUT2D eigenvalue weighted by Crippen LogP contribution is -2.53. The maximum Gasteiger partial charge on any atom is 0.0209 e. The molecule has 3 aliphatic carbocycles. The SMILES string of the molecule is CN(C)C12CCC(CC1)[C@H](c1ccc3ccccc3c1)C2. The molecule has 5 rings (SSSR count). The monoisotopic (exact) mass is 279 g/mol. The Morgan fingerprint density at radius 3 is 2.38 bits per heavy atom. The Labute approximate surface area is 128 Å². The van der Waals surface area contributed by atoms with Crippen molar-refractivity contribution in [3.63, 3.8) is 0 Å². The third-order valence-corrected chi connectivity index (χ3v) is 6.28. The van der Waals surface area contributed by atoms with Gasteiger partial charge in [0.2, 0.25) is 0 Å². The molecule has 3 aliphatic rings. The van der Waals surface area contributed by atoms with Crippen molar-refractivity contribution < 1.29 is 0 Å². The molecular weight excluding hydrogens is 254 g/mol. The smallest absolute Gasteiger partial charge is 0.0209 e. The molecule has 0 spiro atoms. The van der Waals surface area contributed by atoms with Gasteiger partial charge in [-0.05, 0) is 74.4 Å². The highest BCUT2D eigenvalue weighted by Crippen LogP contribution is 2.53. The second-order valence-corrected chi connectivity index (χ2v) is 7.37. The van der Waals surface area contributed by atoms with E-state index < -0.39 is 0 Å². The van der Waals surface area contributed by atoms with Gasteiger partial charge >= 0.3 is 0 Å². The van der Waals surface area contributed by atoms with E-state index in [0.29, 0.717) is 5.54 Å². The number of fused-ring (bicyclic) bond motifs is 4. The van der Waals surface area contributed by atoms with Gasteiger partial charge in [-0.3, -0.25) is 0 Å². The van der Waals surface area contributed by atoms with Crippen molar-refractivity contribution >= 4 is 10.8 Å². The van der Waals surface area contributed by atoms with Gasteiger partial charge in [-0.1, -0.05) is 42.5 Å². The Morgan fingerprint density at radius 1 is 0.952 bits per heavy atom. The maximum absolute atomic E-state index is 2.51. The van der Waals surface area contributed by atoms with Gasteiger partial charge in [0.25, 0.3) is 0 Å². The molecule has 0 unspecified atom stereocenters. The van der Waals surface area contributed by atoms with Crippen LogP contribution < -0.4 is 0 Å². The lowest BCUT2D eigenvalue weighted by Gasteiger charge is -2.54. The van der Waals surface area contributed by atoms with Crippen molar-refractivity contribution in [1.29, 1.82) is 0 Å². The third-order valence-electron chi connectivity index (χ3n) is 6.28. The molecule has 0 aromatic heterocycles. The lowest BCUT2D eigenvalue weighted by atomic mass is 9.58. The van der Waals surface area contributed by atoms with Crippen LogP contribution in [0.4, 0.5) is 0 Å². The van der Waals surface area contributed by atoms with Gasteiger partial charge in [-0.25, -0.2) is 0 Å². The molecule has 21 heavy (non-hydrogen) atoms. The Bertz CT molecular complexity index is 650. The minimum atomic E-state index is 0.463. The minimum Gasteiger partial charge on any atom is -0.304 e. The highest BCUT2D eigenvalue weighted by Gasteiger charge is 2.47. The van der Waals surface area contributed by atoms with E-state index >= 15 is 0 Å². The summed E-state index contributed by atoms with van der Waals surface area (Å²) in [6, 6.07) is 15.9. The predicted molar refractivity (Wildman–Crippen MR) is 89.7 cm³/mol. The zero-order valence-corrected chi connectivity index (χ0v) is 13.2. The summed E-state index contributed by atoms with van der Waals surface area (Å²) in [5.74, 6) is 1.67. The first-order valence-electron chi connectivity index (χ1n) is 8.34. The zero-order chi connectivity index (χ0) is 14.4. The first-order chi connectivity index (χ1) is 10.2. The zero-order valence-electron chi connectivity index (χ0n) is 13.2. The molecule has 2 bridgehead atoms. The van der Waals surface area contributed by atoms with Crippen molar-refractivity contribution in [3.8, 4) is 0 Å². The van der Waals surface area contributed by atoms with Crippen LogP contribution in [0.1, 0.15) is 43.6 Å². The summed E-state index contributed by atoms with van der Waals surface area (Å²) in [6.07, 6.45) is 6.97. The lowest BCUT2D eigenvalue weighted by molar-refractivity contribution is 0.00631. The standard InChI is InChI=1S/C20H25N/c1-21(2)20-11-9-16(10-12-20)19(14-20)18-8-7-15-5-3-4-6-17(15)13-18/h3-8,13,16,19H,9-12,14H2,1-2H3/t16?,19-,20?/m1/s1. The van der Waals surface area contributed by atoms with Gasteiger partial charge in [-0.15, -0.1) is 0 Å². The fourth-order valence-corrected chi connectivity index (χ4v) is 4.82. The van der Waals surface area contributed by atoms with E-state index in [1.165, 1.54) is 42.9 Å². The molecular formula is C20H25N. The van der Waals surface area contributed by atoms with Crippen LogP contribution in [0.15, 0.2) is 42.5 Å². The van der Waals surface area contributed by atoms with Crippen LogP contribution in [-0.4, -0.2) is 24.5 Å². The molecule has 1 nitrogen and oxygen atoms in total. The number of hydrogen-bond acceptors (Lipinski definition) is 1. The number of benzene rings is 2. The van der Waals surface area contributed by atoms with Crippen molar-refractivity contribution in [3.05, 3.63) is 48.0 Å². The molecule has 3 fully saturated rings. The highest BCUT2D eigenvalue weighted by molar-refractivity contribution is 5.83. The molecule has 1 atom stereocenters. The van der Waals surface area contributed by atoms with Crippen molar-refractivity contribution in [2.75, 3.05) is 14.1 Å². The summed E-state index contributed by atoms with van der Waals surface area (Å²) < 4.78 is 0. The van der Waals surface area contributed by atoms with Gasteiger partial charge in [0, 0.05) is 5.54 Å². The van der Waals surface area contributed by atoms with Crippen molar-refractivity contribution in [2.24, 2.45) is 5.92 Å². The van der Waals surface area contributed by atoms with Crippen LogP contribution in [0.5, 0.6) is 0 Å². The summed E-state index contributed by atoms with van der Waals surface area (Å²) in [5, 5.41) is 2.76. The van der Waals surface area contributed by atoms with Crippen LogP contribution in [-0.2, 0) is 0 Å². The normalized spacial score (nSPS) is 32.0. The molecule has 2 aromatic carbocycles. The summed E-state index contributed by atoms with van der Waals surface area (Å²) in [4.78, 5) is 2.51. The molecule has 0 N–H and O–H groups in total. The summed E-state index contributed by atoms with van der Waals surface area (Å²) in [7, 11) is 4.56. The topological polar surface area (TPSA) is 3.24 Å². The van der Waals surface area contributed by atoms with Crippen LogP contribution in [0.3, 0.4) is 0 Å². The summed E-state index contributed by atoms with van der Waals surface area (Å²) >= 11 is 0. The van der Waals surface area contributed by atoms with Crippen LogP contribution >= 0.6 is 0 Å². The van der Waals surface area contributed by atoms with Gasteiger partial charge in [0.15, 0.2) is 0 Å². The Balaban J connectivity index is 1.71. The Hall–Kier alpha value is -1.34. The molecule has 1 heteroatoms. The number of hydrogen-bond donors (Lipinski definition) is 0. The number of nitrogens with zero attached hydrogens (tertiary/aromatic N) is 1. The van der Waals surface area contributed by atoms with E-state index in [9.17, 15) is 0 Å². The number of rotatable bonds is 2. The Morgan fingerprint density at radius 2 is 1.67 bits per heavy atom. The van der Waals surface area contributed by atoms with E-state index in [4.69, 9.17) is 0 Å². The molecule has 0 heterocycles. The predicted octanol–water partition coefficient (Wildman–Crippen LogP) is 4.82. The molecule has 0 amide bonds. The first-order valence-corrected chi connectivity index (χ1v) is 8.34. The van der Waals surface area contributed by atoms with E-state index in [1.807, 2.05) is 0 Å². The van der Waals surface area contributed by atoms with Crippen LogP contribution in [0.25, 0.3) is 10.8 Å². The van der Waals surface area contributed by atoms with Gasteiger partial charge in [-0.2, -0.15) is 0 Å². The second-order valence-electron chi connectivity index (χ2n) is 7.37.